The first-order chi connectivity index (χ1) is 7.70. The molecule has 0 atom stereocenters. The van der Waals surface area contributed by atoms with Gasteiger partial charge in [-0.3, -0.25) is 4.68 Å². The van der Waals surface area contributed by atoms with Crippen LogP contribution in [0.1, 0.15) is 31.1 Å². The van der Waals surface area contributed by atoms with Crippen molar-refractivity contribution in [2.75, 3.05) is 6.61 Å². The molecular weight excluding hydrogens is 156 g/mol. The number of carbonyl (C=O) groups is 1. The van der Waals surface area contributed by atoms with Crippen LogP contribution in [-0.4, -0.2) is 22.4 Å². The second-order valence-corrected chi connectivity index (χ2v) is 1.98. The monoisotopic (exact) mass is 173 g/mol. The van der Waals surface area contributed by atoms with E-state index in [0.717, 1.165) is 6.20 Å². The minimum atomic E-state index is -2.87. The molecule has 0 amide bonds. The summed E-state index contributed by atoms with van der Waals surface area (Å²) in [6, 6.07) is 1.21. The van der Waals surface area contributed by atoms with E-state index in [1.807, 2.05) is 0 Å². The van der Waals surface area contributed by atoms with Gasteiger partial charge in [-0.05, 0) is 19.8 Å². The summed E-state index contributed by atoms with van der Waals surface area (Å²) in [5.41, 5.74) is -0.125. The summed E-state index contributed by atoms with van der Waals surface area (Å²) in [5, 5.41) is 3.57. The summed E-state index contributed by atoms with van der Waals surface area (Å²) in [6.07, 6.45) is 1.10. The molecule has 0 N–H and O–H groups in total. The quantitative estimate of drug-likeness (QED) is 0.642. The van der Waals surface area contributed by atoms with Gasteiger partial charge in [-0.2, -0.15) is 5.10 Å². The van der Waals surface area contributed by atoms with Crippen molar-refractivity contribution in [3.8, 4) is 0 Å². The van der Waals surface area contributed by atoms with Crippen LogP contribution in [0.2, 0.25) is 0 Å². The maximum atomic E-state index is 11.3. The summed E-state index contributed by atoms with van der Waals surface area (Å²) in [4.78, 5) is 11.3. The van der Waals surface area contributed by atoms with Crippen LogP contribution in [-0.2, 0) is 11.2 Å². The minimum Gasteiger partial charge on any atom is -0.461 e. The third-order valence-electron chi connectivity index (χ3n) is 1.19. The van der Waals surface area contributed by atoms with E-state index in [4.69, 9.17) is 6.85 Å². The van der Waals surface area contributed by atoms with Gasteiger partial charge >= 0.3 is 5.97 Å². The van der Waals surface area contributed by atoms with Gasteiger partial charge in [0.1, 0.15) is 0 Å². The Kier molecular flexibility index (Phi) is 1.32. The first kappa shape index (κ1) is 4.07. The summed E-state index contributed by atoms with van der Waals surface area (Å²) in [5.74, 6) is -0.715. The third-order valence-corrected chi connectivity index (χ3v) is 1.19. The van der Waals surface area contributed by atoms with Crippen LogP contribution >= 0.6 is 0 Å². The van der Waals surface area contributed by atoms with Crippen molar-refractivity contribution < 1.29 is 16.4 Å². The molecule has 1 aromatic heterocycles. The highest BCUT2D eigenvalue weighted by Gasteiger charge is 2.08. The fraction of sp³-hybridized carbons (Fsp3) is 0.500. The van der Waals surface area contributed by atoms with E-state index in [1.165, 1.54) is 6.07 Å². The first-order valence-electron chi connectivity index (χ1n) is 5.93. The topological polar surface area (TPSA) is 44.1 Å². The molecule has 0 aliphatic carbocycles. The molecule has 1 rings (SSSR count). The van der Waals surface area contributed by atoms with E-state index >= 15 is 0 Å². The SMILES string of the molecule is [2H]C([2H])([2H])C([2H])([2H])n1ccc(C(=O)OCC)n1. The zero-order valence-electron chi connectivity index (χ0n) is 11.6. The van der Waals surface area contributed by atoms with Gasteiger partial charge in [-0.15, -0.1) is 0 Å². The van der Waals surface area contributed by atoms with Gasteiger partial charge < -0.3 is 4.74 Å². The number of aryl methyl sites for hydroxylation is 1. The van der Waals surface area contributed by atoms with Crippen molar-refractivity contribution in [3.05, 3.63) is 18.0 Å². The number of aromatic nitrogens is 2. The Morgan fingerprint density at radius 3 is 3.50 bits per heavy atom. The fourth-order valence-electron chi connectivity index (χ4n) is 0.700. The Morgan fingerprint density at radius 1 is 2.00 bits per heavy atom. The van der Waals surface area contributed by atoms with E-state index in [0.29, 0.717) is 4.68 Å². The average Bonchev–Trinajstić information content (AvgIpc) is 2.65. The molecule has 0 aliphatic heterocycles. The highest BCUT2D eigenvalue weighted by molar-refractivity contribution is 5.86. The molecule has 0 spiro atoms. The van der Waals surface area contributed by atoms with Crippen molar-refractivity contribution in [1.29, 1.82) is 0 Å². The van der Waals surface area contributed by atoms with E-state index in [1.54, 1.807) is 6.92 Å². The van der Waals surface area contributed by atoms with E-state index in [9.17, 15) is 4.79 Å². The molecule has 1 heterocycles. The van der Waals surface area contributed by atoms with Crippen LogP contribution in [0.15, 0.2) is 12.3 Å². The summed E-state index contributed by atoms with van der Waals surface area (Å²) >= 11 is 0. The van der Waals surface area contributed by atoms with Crippen LogP contribution < -0.4 is 0 Å². The van der Waals surface area contributed by atoms with E-state index in [2.05, 4.69) is 9.84 Å². The lowest BCUT2D eigenvalue weighted by Gasteiger charge is -1.96. The maximum absolute atomic E-state index is 11.3. The molecule has 0 fully saturated rings. The number of hydrogen-bond acceptors (Lipinski definition) is 3. The largest absolute Gasteiger partial charge is 0.461 e. The lowest BCUT2D eigenvalue weighted by atomic mass is 10.4. The number of hydrogen-bond donors (Lipinski definition) is 0. The molecule has 0 aliphatic rings. The highest BCUT2D eigenvalue weighted by atomic mass is 16.5. The predicted molar refractivity (Wildman–Crippen MR) is 43.9 cm³/mol. The van der Waals surface area contributed by atoms with Crippen LogP contribution in [0.3, 0.4) is 0 Å². The first-order valence-corrected chi connectivity index (χ1v) is 3.43. The Morgan fingerprint density at radius 2 is 2.83 bits per heavy atom. The Hall–Kier alpha value is -1.32. The molecule has 0 aromatic carbocycles. The van der Waals surface area contributed by atoms with E-state index < -0.39 is 19.3 Å². The second-order valence-electron chi connectivity index (χ2n) is 1.98. The van der Waals surface area contributed by atoms with Gasteiger partial charge in [-0.1, -0.05) is 0 Å². The van der Waals surface area contributed by atoms with Crippen LogP contribution in [0.5, 0.6) is 0 Å². The number of carbonyl (C=O) groups excluding carboxylic acids is 1. The molecule has 0 bridgehead atoms. The maximum Gasteiger partial charge on any atom is 0.358 e. The van der Waals surface area contributed by atoms with Gasteiger partial charge in [0.2, 0.25) is 0 Å². The molecular formula is C8H12N2O2. The van der Waals surface area contributed by atoms with Crippen LogP contribution in [0.4, 0.5) is 0 Å². The highest BCUT2D eigenvalue weighted by Crippen LogP contribution is 1.97. The van der Waals surface area contributed by atoms with Crippen molar-refractivity contribution in [2.24, 2.45) is 0 Å². The van der Waals surface area contributed by atoms with Crippen LogP contribution in [0, 0.1) is 0 Å². The number of esters is 1. The zero-order chi connectivity index (χ0) is 13.3. The van der Waals surface area contributed by atoms with Gasteiger partial charge in [-0.25, -0.2) is 4.79 Å². The summed E-state index contributed by atoms with van der Waals surface area (Å²) in [7, 11) is 0. The third kappa shape index (κ3) is 1.84. The molecule has 4 heteroatoms. The van der Waals surface area contributed by atoms with Gasteiger partial charge in [0.25, 0.3) is 0 Å². The normalized spacial score (nSPS) is 18.2. The van der Waals surface area contributed by atoms with E-state index in [-0.39, 0.29) is 12.3 Å². The second kappa shape index (κ2) is 3.90. The summed E-state index contributed by atoms with van der Waals surface area (Å²) in [6.45, 7) is -3.75. The van der Waals surface area contributed by atoms with Crippen molar-refractivity contribution in [3.63, 3.8) is 0 Å². The molecule has 66 valence electrons. The molecule has 0 unspecified atom stereocenters. The molecule has 1 aromatic rings. The number of nitrogens with zero attached hydrogens (tertiary/aromatic N) is 2. The Balaban J connectivity index is 2.99. The lowest BCUT2D eigenvalue weighted by molar-refractivity contribution is 0.0518. The van der Waals surface area contributed by atoms with Crippen LogP contribution in [0.25, 0.3) is 0 Å². The smallest absolute Gasteiger partial charge is 0.358 e. The van der Waals surface area contributed by atoms with Gasteiger partial charge in [0, 0.05) is 16.8 Å². The van der Waals surface area contributed by atoms with Crippen molar-refractivity contribution >= 4 is 5.97 Å². The van der Waals surface area contributed by atoms with Crippen molar-refractivity contribution in [2.45, 2.75) is 20.3 Å². The number of ether oxygens (including phenoxy) is 1. The zero-order valence-corrected chi connectivity index (χ0v) is 6.57. The molecule has 0 saturated heterocycles. The molecule has 12 heavy (non-hydrogen) atoms. The number of rotatable bonds is 3. The van der Waals surface area contributed by atoms with Gasteiger partial charge in [0.05, 0.1) is 9.35 Å². The molecule has 4 nitrogen and oxygen atoms in total. The molecule has 0 radical (unpaired) electrons. The summed E-state index contributed by atoms with van der Waals surface area (Å²) < 4.78 is 41.3. The predicted octanol–water partition coefficient (Wildman–Crippen LogP) is 1.08. The standard InChI is InChI=1S/C8H12N2O2/c1-3-10-6-5-7(9-10)8(11)12-4-2/h5-6H,3-4H2,1-2H3/i1D3,3D2. The fourth-order valence-corrected chi connectivity index (χ4v) is 0.700. The Bertz CT molecular complexity index is 412. The van der Waals surface area contributed by atoms with Gasteiger partial charge in [0.15, 0.2) is 5.69 Å². The average molecular weight is 173 g/mol. The lowest BCUT2D eigenvalue weighted by Crippen LogP contribution is -2.06. The Labute approximate surface area is 78.2 Å². The minimum absolute atomic E-state index is 0.125. The van der Waals surface area contributed by atoms with Crippen molar-refractivity contribution in [1.82, 2.24) is 9.78 Å². The molecule has 0 saturated carbocycles.